The number of likely N-dealkylation sites (N-methyl/N-ethyl adjacent to an activating group) is 1. The molecule has 130 valence electrons. The van der Waals surface area contributed by atoms with Crippen molar-refractivity contribution in [2.75, 3.05) is 13.7 Å². The molecule has 0 spiro atoms. The van der Waals surface area contributed by atoms with Crippen molar-refractivity contribution in [3.8, 4) is 0 Å². The number of aliphatic imine (C=N–C) groups is 1. The number of carbonyl (C=O) groups excluding carboxylic acids is 1. The van der Waals surface area contributed by atoms with Crippen LogP contribution in [0.5, 0.6) is 0 Å². The summed E-state index contributed by atoms with van der Waals surface area (Å²) in [5, 5.41) is 0. The fraction of sp³-hybridized carbons (Fsp3) is 0.579. The highest BCUT2D eigenvalue weighted by atomic mass is 16.5. The number of rotatable bonds is 6. The summed E-state index contributed by atoms with van der Waals surface area (Å²) in [7, 11) is 1.70. The molecular weight excluding hydrogens is 302 g/mol. The molecule has 1 aliphatic carbocycles. The molecule has 0 radical (unpaired) electrons. The van der Waals surface area contributed by atoms with Gasteiger partial charge in [0.15, 0.2) is 11.5 Å². The molecule has 5 nitrogen and oxygen atoms in total. The molecule has 1 amide bonds. The van der Waals surface area contributed by atoms with Crippen LogP contribution in [-0.4, -0.2) is 36.0 Å². The zero-order valence-electron chi connectivity index (χ0n) is 14.4. The summed E-state index contributed by atoms with van der Waals surface area (Å²) >= 11 is 0. The summed E-state index contributed by atoms with van der Waals surface area (Å²) < 4.78 is 5.91. The third-order valence-corrected chi connectivity index (χ3v) is 5.18. The number of benzene rings is 1. The van der Waals surface area contributed by atoms with Gasteiger partial charge in [0.25, 0.3) is 5.91 Å². The molecule has 3 rings (SSSR count). The molecule has 5 heteroatoms. The van der Waals surface area contributed by atoms with Gasteiger partial charge in [0.05, 0.1) is 13.2 Å². The van der Waals surface area contributed by atoms with Crippen molar-refractivity contribution in [1.82, 2.24) is 4.90 Å². The van der Waals surface area contributed by atoms with Gasteiger partial charge in [0.1, 0.15) is 0 Å². The maximum Gasteiger partial charge on any atom is 0.259 e. The number of hydrogen-bond donors (Lipinski definition) is 1. The van der Waals surface area contributed by atoms with Gasteiger partial charge >= 0.3 is 0 Å². The first kappa shape index (κ1) is 17.0. The molecule has 0 saturated heterocycles. The highest BCUT2D eigenvalue weighted by molar-refractivity contribution is 6.06. The molecule has 1 fully saturated rings. The van der Waals surface area contributed by atoms with Crippen LogP contribution in [-0.2, 0) is 16.1 Å². The van der Waals surface area contributed by atoms with Gasteiger partial charge < -0.3 is 10.5 Å². The topological polar surface area (TPSA) is 67.9 Å². The lowest BCUT2D eigenvalue weighted by Gasteiger charge is -2.31. The van der Waals surface area contributed by atoms with Gasteiger partial charge in [0, 0.05) is 7.05 Å². The molecule has 0 bridgehead atoms. The summed E-state index contributed by atoms with van der Waals surface area (Å²) in [6.45, 7) is 0.780. The molecule has 1 saturated carbocycles. The SMILES string of the molecule is CN1C(=O)C(COCc2ccccc2)(CC2CCCCC2)N=C1N. The van der Waals surface area contributed by atoms with Crippen LogP contribution in [0.15, 0.2) is 35.3 Å². The van der Waals surface area contributed by atoms with Gasteiger partial charge in [-0.15, -0.1) is 0 Å². The van der Waals surface area contributed by atoms with Crippen molar-refractivity contribution in [2.45, 2.75) is 50.7 Å². The predicted octanol–water partition coefficient (Wildman–Crippen LogP) is 2.70. The zero-order valence-corrected chi connectivity index (χ0v) is 14.4. The van der Waals surface area contributed by atoms with Gasteiger partial charge in [-0.2, -0.15) is 0 Å². The average molecular weight is 329 g/mol. The molecule has 1 aliphatic heterocycles. The van der Waals surface area contributed by atoms with Crippen LogP contribution < -0.4 is 5.73 Å². The van der Waals surface area contributed by atoms with E-state index in [9.17, 15) is 4.79 Å². The van der Waals surface area contributed by atoms with E-state index in [2.05, 4.69) is 4.99 Å². The second kappa shape index (κ2) is 7.34. The summed E-state index contributed by atoms with van der Waals surface area (Å²) in [6, 6.07) is 10.00. The lowest BCUT2D eigenvalue weighted by atomic mass is 9.79. The number of nitrogens with two attached hydrogens (primary N) is 1. The van der Waals surface area contributed by atoms with Crippen LogP contribution in [0.25, 0.3) is 0 Å². The van der Waals surface area contributed by atoms with Gasteiger partial charge in [-0.25, -0.2) is 4.99 Å². The molecule has 1 aromatic rings. The first-order chi connectivity index (χ1) is 11.6. The van der Waals surface area contributed by atoms with E-state index in [4.69, 9.17) is 10.5 Å². The van der Waals surface area contributed by atoms with Crippen LogP contribution >= 0.6 is 0 Å². The smallest absolute Gasteiger partial charge is 0.259 e. The minimum Gasteiger partial charge on any atom is -0.374 e. The normalized spacial score (nSPS) is 25.1. The van der Waals surface area contributed by atoms with Crippen LogP contribution in [0.3, 0.4) is 0 Å². The summed E-state index contributed by atoms with van der Waals surface area (Å²) in [4.78, 5) is 18.8. The fourth-order valence-electron chi connectivity index (χ4n) is 3.82. The van der Waals surface area contributed by atoms with Crippen molar-refractivity contribution in [2.24, 2.45) is 16.6 Å². The standard InChI is InChI=1S/C19H27N3O2/c1-22-17(23)19(21-18(22)20,12-15-8-4-2-5-9-15)14-24-13-16-10-6-3-7-11-16/h3,6-7,10-11,15H,2,4-5,8-9,12-14H2,1H3,(H2,20,21). The van der Waals surface area contributed by atoms with E-state index in [0.29, 0.717) is 25.1 Å². The third kappa shape index (κ3) is 3.61. The Labute approximate surface area is 143 Å². The molecule has 1 heterocycles. The second-order valence-electron chi connectivity index (χ2n) is 7.05. The first-order valence-electron chi connectivity index (χ1n) is 8.86. The highest BCUT2D eigenvalue weighted by Gasteiger charge is 2.48. The molecular formula is C19H27N3O2. The highest BCUT2D eigenvalue weighted by Crippen LogP contribution is 2.35. The molecule has 24 heavy (non-hydrogen) atoms. The first-order valence-corrected chi connectivity index (χ1v) is 8.86. The monoisotopic (exact) mass is 329 g/mol. The second-order valence-corrected chi connectivity index (χ2v) is 7.05. The lowest BCUT2D eigenvalue weighted by molar-refractivity contribution is -0.133. The fourth-order valence-corrected chi connectivity index (χ4v) is 3.82. The van der Waals surface area contributed by atoms with Crippen molar-refractivity contribution in [1.29, 1.82) is 0 Å². The molecule has 0 aromatic heterocycles. The minimum atomic E-state index is -0.838. The summed E-state index contributed by atoms with van der Waals surface area (Å²) in [6.07, 6.45) is 6.88. The lowest BCUT2D eigenvalue weighted by Crippen LogP contribution is -2.46. The van der Waals surface area contributed by atoms with Gasteiger partial charge in [0.2, 0.25) is 0 Å². The number of guanidine groups is 1. The van der Waals surface area contributed by atoms with Crippen LogP contribution in [0.2, 0.25) is 0 Å². The van der Waals surface area contributed by atoms with Crippen molar-refractivity contribution in [3.63, 3.8) is 0 Å². The Kier molecular flexibility index (Phi) is 5.19. The minimum absolute atomic E-state index is 0.0290. The summed E-state index contributed by atoms with van der Waals surface area (Å²) in [5.41, 5.74) is 6.19. The van der Waals surface area contributed by atoms with E-state index in [1.807, 2.05) is 30.3 Å². The number of amides is 1. The Hall–Kier alpha value is -1.88. The Morgan fingerprint density at radius 2 is 1.96 bits per heavy atom. The number of ether oxygens (including phenoxy) is 1. The third-order valence-electron chi connectivity index (χ3n) is 5.18. The van der Waals surface area contributed by atoms with Gasteiger partial charge in [-0.3, -0.25) is 9.69 Å². The average Bonchev–Trinajstić information content (AvgIpc) is 2.81. The largest absolute Gasteiger partial charge is 0.374 e. The van der Waals surface area contributed by atoms with Crippen LogP contribution in [0, 0.1) is 5.92 Å². The van der Waals surface area contributed by atoms with Crippen LogP contribution in [0.4, 0.5) is 0 Å². The molecule has 2 N–H and O–H groups in total. The Morgan fingerprint density at radius 3 is 2.58 bits per heavy atom. The van der Waals surface area contributed by atoms with Gasteiger partial charge in [-0.1, -0.05) is 62.4 Å². The Bertz CT molecular complexity index is 596. The van der Waals surface area contributed by atoms with Crippen molar-refractivity contribution >= 4 is 11.9 Å². The van der Waals surface area contributed by atoms with Crippen LogP contribution in [0.1, 0.15) is 44.1 Å². The maximum absolute atomic E-state index is 12.8. The molecule has 2 aliphatic rings. The van der Waals surface area contributed by atoms with E-state index >= 15 is 0 Å². The van der Waals surface area contributed by atoms with Crippen molar-refractivity contribution < 1.29 is 9.53 Å². The zero-order chi connectivity index (χ0) is 17.0. The quantitative estimate of drug-likeness (QED) is 0.872. The van der Waals surface area contributed by atoms with E-state index in [1.54, 1.807) is 7.05 Å². The maximum atomic E-state index is 12.8. The Balaban J connectivity index is 1.69. The molecule has 1 aromatic carbocycles. The summed E-state index contributed by atoms with van der Waals surface area (Å²) in [5.74, 6) is 0.809. The van der Waals surface area contributed by atoms with Gasteiger partial charge in [-0.05, 0) is 17.9 Å². The van der Waals surface area contributed by atoms with E-state index < -0.39 is 5.54 Å². The number of carbonyl (C=O) groups is 1. The van der Waals surface area contributed by atoms with E-state index in [1.165, 1.54) is 37.0 Å². The predicted molar refractivity (Wildman–Crippen MR) is 94.4 cm³/mol. The van der Waals surface area contributed by atoms with E-state index in [-0.39, 0.29) is 5.91 Å². The van der Waals surface area contributed by atoms with E-state index in [0.717, 1.165) is 12.0 Å². The molecule has 1 unspecified atom stereocenters. The Morgan fingerprint density at radius 1 is 1.25 bits per heavy atom. The molecule has 1 atom stereocenters. The van der Waals surface area contributed by atoms with Crippen molar-refractivity contribution in [3.05, 3.63) is 35.9 Å². The number of nitrogens with zero attached hydrogens (tertiary/aromatic N) is 2. The number of hydrogen-bond acceptors (Lipinski definition) is 4.